The molecule has 0 radical (unpaired) electrons. The van der Waals surface area contributed by atoms with E-state index in [4.69, 9.17) is 10.5 Å². The van der Waals surface area contributed by atoms with Crippen LogP contribution >= 0.6 is 0 Å². The minimum Gasteiger partial charge on any atom is -0.482 e. The summed E-state index contributed by atoms with van der Waals surface area (Å²) in [5, 5.41) is 14.2. The molecule has 0 aliphatic carbocycles. The van der Waals surface area contributed by atoms with E-state index in [1.165, 1.54) is 23.0 Å². The second-order valence-corrected chi connectivity index (χ2v) is 8.44. The second kappa shape index (κ2) is 7.35. The minimum atomic E-state index is -1.29. The summed E-state index contributed by atoms with van der Waals surface area (Å²) in [7, 11) is 0. The molecule has 0 saturated heterocycles. The van der Waals surface area contributed by atoms with E-state index in [0.717, 1.165) is 0 Å². The maximum Gasteiger partial charge on any atom is 0.170 e. The number of rotatable bonds is 0. The smallest absolute Gasteiger partial charge is 0.170 e. The summed E-state index contributed by atoms with van der Waals surface area (Å²) in [6.45, 7) is 1.78. The van der Waals surface area contributed by atoms with Gasteiger partial charge in [0.15, 0.2) is 17.3 Å². The van der Waals surface area contributed by atoms with Crippen molar-refractivity contribution >= 4 is 5.82 Å². The van der Waals surface area contributed by atoms with Crippen molar-refractivity contribution in [2.45, 2.75) is 31.7 Å². The summed E-state index contributed by atoms with van der Waals surface area (Å²) in [5.74, 6) is -0.742. The average molecular weight is 456 g/mol. The third-order valence-electron chi connectivity index (χ3n) is 6.46. The molecule has 9 heteroatoms. The number of aromatic nitrogens is 4. The Kier molecular flexibility index (Phi) is 4.39. The number of nitrogens with zero attached hydrogens (tertiary/aromatic N) is 5. The highest BCUT2D eigenvalue weighted by atomic mass is 19.1. The maximum absolute atomic E-state index is 15.6. The van der Waals surface area contributed by atoms with Crippen molar-refractivity contribution in [2.75, 3.05) is 5.73 Å². The normalized spacial score (nSPS) is 20.1. The maximum atomic E-state index is 15.6. The summed E-state index contributed by atoms with van der Waals surface area (Å²) in [6.07, 6.45) is 1.23. The van der Waals surface area contributed by atoms with Crippen molar-refractivity contribution in [1.82, 2.24) is 19.7 Å². The van der Waals surface area contributed by atoms with E-state index in [9.17, 15) is 9.65 Å². The number of hydrogen-bond acceptors (Lipinski definition) is 6. The molecule has 2 aliphatic heterocycles. The molecule has 2 aliphatic rings. The largest absolute Gasteiger partial charge is 0.482 e. The van der Waals surface area contributed by atoms with Crippen LogP contribution in [0, 0.1) is 17.1 Å². The number of alkyl halides is 1. The van der Waals surface area contributed by atoms with Crippen LogP contribution in [0.3, 0.4) is 0 Å². The molecular formula is C25H18F2N6O. The molecule has 5 heterocycles. The summed E-state index contributed by atoms with van der Waals surface area (Å²) < 4.78 is 37.7. The van der Waals surface area contributed by atoms with Gasteiger partial charge in [-0.25, -0.2) is 13.8 Å². The first kappa shape index (κ1) is 20.3. The quantitative estimate of drug-likeness (QED) is 0.417. The van der Waals surface area contributed by atoms with Gasteiger partial charge >= 0.3 is 0 Å². The van der Waals surface area contributed by atoms with Crippen molar-refractivity contribution in [1.29, 1.82) is 5.26 Å². The lowest BCUT2D eigenvalue weighted by atomic mass is 9.85. The van der Waals surface area contributed by atoms with Crippen molar-refractivity contribution in [3.8, 4) is 34.2 Å². The van der Waals surface area contributed by atoms with Crippen LogP contribution in [0.2, 0.25) is 0 Å². The van der Waals surface area contributed by atoms with E-state index in [2.05, 4.69) is 21.1 Å². The number of nitrogen functional groups attached to an aromatic ring is 1. The molecule has 3 aromatic heterocycles. The minimum absolute atomic E-state index is 0.00144. The highest BCUT2D eigenvalue weighted by molar-refractivity contribution is 5.77. The van der Waals surface area contributed by atoms with Gasteiger partial charge in [-0.15, -0.1) is 0 Å². The molecule has 4 aromatic rings. The first-order chi connectivity index (χ1) is 16.5. The highest BCUT2D eigenvalue weighted by Crippen LogP contribution is 2.47. The molecule has 0 fully saturated rings. The van der Waals surface area contributed by atoms with Crippen LogP contribution in [0.5, 0.6) is 5.75 Å². The fraction of sp³-hybridized carbons (Fsp3) is 0.200. The van der Waals surface area contributed by atoms with Crippen LogP contribution in [0.25, 0.3) is 22.4 Å². The van der Waals surface area contributed by atoms with E-state index in [0.29, 0.717) is 39.2 Å². The Balaban J connectivity index is 1.74. The van der Waals surface area contributed by atoms with Gasteiger partial charge in [-0.05, 0) is 42.8 Å². The molecule has 0 spiro atoms. The van der Waals surface area contributed by atoms with E-state index < -0.39 is 24.0 Å². The van der Waals surface area contributed by atoms with Crippen LogP contribution in [-0.2, 0) is 6.54 Å². The first-order valence-electron chi connectivity index (χ1n) is 10.8. The number of benzene rings is 1. The number of fused-ring (bicyclic) bond motifs is 7. The average Bonchev–Trinajstić information content (AvgIpc) is 3.33. The lowest BCUT2D eigenvalue weighted by Gasteiger charge is -2.24. The van der Waals surface area contributed by atoms with Gasteiger partial charge in [0.05, 0.1) is 23.9 Å². The molecule has 7 nitrogen and oxygen atoms in total. The van der Waals surface area contributed by atoms with E-state index in [1.807, 2.05) is 6.07 Å². The van der Waals surface area contributed by atoms with Gasteiger partial charge in [0.2, 0.25) is 0 Å². The zero-order chi connectivity index (χ0) is 23.6. The number of nitriles is 1. The third-order valence-corrected chi connectivity index (χ3v) is 6.46. The molecule has 0 saturated carbocycles. The Hall–Kier alpha value is -4.32. The third kappa shape index (κ3) is 2.88. The van der Waals surface area contributed by atoms with Gasteiger partial charge in [-0.3, -0.25) is 9.67 Å². The Morgan fingerprint density at radius 1 is 1.21 bits per heavy atom. The molecule has 2 bridgehead atoms. The van der Waals surface area contributed by atoms with Crippen LogP contribution in [0.15, 0.2) is 48.8 Å². The topological polar surface area (TPSA) is 103 Å². The summed E-state index contributed by atoms with van der Waals surface area (Å²) >= 11 is 0. The monoisotopic (exact) mass is 456 g/mol. The number of pyridine rings is 2. The standard InChI is InChI=1S/C25H18F2N6O/c1-12-17-8-14(26)4-5-15(17)23-16(3-2-6-30-23)22-18(27)11-33-24(22)21(19(9-28)32-33)13-7-20(34-12)25(29)31-10-13/h2-8,10,12,18,22H,11H2,1H3,(H2,29,31)/t12-,18?,22?/m1/s1. The zero-order valence-electron chi connectivity index (χ0n) is 18.0. The Morgan fingerprint density at radius 3 is 2.88 bits per heavy atom. The van der Waals surface area contributed by atoms with Crippen LogP contribution in [0.4, 0.5) is 14.6 Å². The highest BCUT2D eigenvalue weighted by Gasteiger charge is 2.41. The lowest BCUT2D eigenvalue weighted by molar-refractivity contribution is 0.227. The van der Waals surface area contributed by atoms with Crippen LogP contribution in [0.1, 0.15) is 41.5 Å². The van der Waals surface area contributed by atoms with Gasteiger partial charge in [-0.1, -0.05) is 6.07 Å². The number of anilines is 1. The van der Waals surface area contributed by atoms with E-state index in [1.54, 1.807) is 31.3 Å². The first-order valence-corrected chi connectivity index (χ1v) is 10.8. The van der Waals surface area contributed by atoms with Gasteiger partial charge < -0.3 is 10.5 Å². The van der Waals surface area contributed by atoms with Crippen LogP contribution < -0.4 is 10.5 Å². The predicted molar refractivity (Wildman–Crippen MR) is 120 cm³/mol. The number of ether oxygens (including phenoxy) is 1. The van der Waals surface area contributed by atoms with Gasteiger partial charge in [0.25, 0.3) is 0 Å². The molecule has 168 valence electrons. The molecule has 1 aromatic carbocycles. The van der Waals surface area contributed by atoms with Crippen molar-refractivity contribution in [3.63, 3.8) is 0 Å². The molecule has 2 N–H and O–H groups in total. The molecule has 3 atom stereocenters. The Labute approximate surface area is 193 Å². The zero-order valence-corrected chi connectivity index (χ0v) is 18.0. The number of hydrogen-bond donors (Lipinski definition) is 1. The molecular weight excluding hydrogens is 438 g/mol. The molecule has 2 unspecified atom stereocenters. The molecule has 0 amide bonds. The van der Waals surface area contributed by atoms with Gasteiger partial charge in [0.1, 0.15) is 24.2 Å². The van der Waals surface area contributed by atoms with Crippen LogP contribution in [-0.4, -0.2) is 25.9 Å². The molecule has 34 heavy (non-hydrogen) atoms. The number of halogens is 2. The predicted octanol–water partition coefficient (Wildman–Crippen LogP) is 4.54. The van der Waals surface area contributed by atoms with Gasteiger partial charge in [0, 0.05) is 34.6 Å². The summed E-state index contributed by atoms with van der Waals surface area (Å²) in [6, 6.07) is 11.7. The second-order valence-electron chi connectivity index (χ2n) is 8.44. The summed E-state index contributed by atoms with van der Waals surface area (Å²) in [4.78, 5) is 8.83. The Bertz CT molecular complexity index is 1510. The summed E-state index contributed by atoms with van der Waals surface area (Å²) in [5.41, 5.74) is 10.2. The van der Waals surface area contributed by atoms with Crippen molar-refractivity contribution in [3.05, 3.63) is 77.1 Å². The van der Waals surface area contributed by atoms with Crippen molar-refractivity contribution in [2.24, 2.45) is 0 Å². The fourth-order valence-electron chi connectivity index (χ4n) is 5.00. The van der Waals surface area contributed by atoms with Crippen molar-refractivity contribution < 1.29 is 13.5 Å². The van der Waals surface area contributed by atoms with E-state index >= 15 is 4.39 Å². The fourth-order valence-corrected chi connectivity index (χ4v) is 5.00. The molecule has 6 rings (SSSR count). The number of nitrogens with two attached hydrogens (primary N) is 1. The Morgan fingerprint density at radius 2 is 2.06 bits per heavy atom. The van der Waals surface area contributed by atoms with E-state index in [-0.39, 0.29) is 23.8 Å². The lowest BCUT2D eigenvalue weighted by Crippen LogP contribution is -2.15. The van der Waals surface area contributed by atoms with Gasteiger partial charge in [-0.2, -0.15) is 10.4 Å². The SMILES string of the molecule is C[C@H]1Oc2cc(cnc2N)-c2c(C#N)nn3c2C(c2cccnc2-c2ccc(F)cc21)C(F)C3.